The van der Waals surface area contributed by atoms with Crippen LogP contribution in [0.1, 0.15) is 20.8 Å². The van der Waals surface area contributed by atoms with Crippen LogP contribution in [-0.2, 0) is 11.8 Å². The molecule has 2 aromatic rings. The quantitative estimate of drug-likeness (QED) is 0.787. The molecule has 1 amide bonds. The number of carbonyl (C=O) groups excluding carboxylic acids is 1. The molecule has 8 heteroatoms. The van der Waals surface area contributed by atoms with Gasteiger partial charge in [0.15, 0.2) is 0 Å². The Morgan fingerprint density at radius 1 is 1.25 bits per heavy atom. The van der Waals surface area contributed by atoms with E-state index >= 15 is 0 Å². The van der Waals surface area contributed by atoms with Crippen molar-refractivity contribution in [2.45, 2.75) is 26.4 Å². The Labute approximate surface area is 144 Å². The average Bonchev–Trinajstić information content (AvgIpc) is 2.98. The number of thiophene rings is 1. The predicted octanol–water partition coefficient (Wildman–Crippen LogP) is 2.05. The summed E-state index contributed by atoms with van der Waals surface area (Å²) >= 11 is 1.41. The van der Waals surface area contributed by atoms with E-state index < -0.39 is 5.60 Å². The molecule has 130 valence electrons. The Morgan fingerprint density at radius 3 is 2.54 bits per heavy atom. The number of rotatable bonds is 1. The van der Waals surface area contributed by atoms with Crippen molar-refractivity contribution in [2.75, 3.05) is 31.1 Å². The summed E-state index contributed by atoms with van der Waals surface area (Å²) in [6.45, 7) is 7.91. The molecule has 0 radical (unpaired) electrons. The maximum Gasteiger partial charge on any atom is 0.410 e. The molecule has 3 rings (SSSR count). The summed E-state index contributed by atoms with van der Waals surface area (Å²) in [6, 6.07) is 1.86. The van der Waals surface area contributed by atoms with Crippen LogP contribution >= 0.6 is 11.3 Å². The minimum atomic E-state index is -0.496. The molecule has 2 aromatic heterocycles. The van der Waals surface area contributed by atoms with Gasteiger partial charge in [0.1, 0.15) is 10.3 Å². The largest absolute Gasteiger partial charge is 0.444 e. The molecule has 0 spiro atoms. The number of nitrogens with zero attached hydrogens (tertiary/aromatic N) is 4. The Hall–Kier alpha value is -2.09. The summed E-state index contributed by atoms with van der Waals surface area (Å²) in [7, 11) is 1.74. The van der Waals surface area contributed by atoms with Crippen molar-refractivity contribution in [1.82, 2.24) is 14.5 Å². The van der Waals surface area contributed by atoms with E-state index in [-0.39, 0.29) is 11.7 Å². The number of fused-ring (bicyclic) bond motifs is 1. The summed E-state index contributed by atoms with van der Waals surface area (Å²) < 4.78 is 7.67. The van der Waals surface area contributed by atoms with E-state index in [1.165, 1.54) is 11.3 Å². The summed E-state index contributed by atoms with van der Waals surface area (Å²) in [5.41, 5.74) is 0.205. The summed E-state index contributed by atoms with van der Waals surface area (Å²) in [5, 5.41) is 1.88. The second kappa shape index (κ2) is 6.08. The Kier molecular flexibility index (Phi) is 4.25. The molecule has 0 unspecified atom stereocenters. The lowest BCUT2D eigenvalue weighted by atomic mass is 10.2. The van der Waals surface area contributed by atoms with Gasteiger partial charge in [-0.1, -0.05) is 0 Å². The first-order chi connectivity index (χ1) is 11.3. The first-order valence-electron chi connectivity index (χ1n) is 7.93. The van der Waals surface area contributed by atoms with Gasteiger partial charge >= 0.3 is 6.09 Å². The smallest absolute Gasteiger partial charge is 0.410 e. The van der Waals surface area contributed by atoms with Crippen LogP contribution in [-0.4, -0.2) is 52.3 Å². The number of anilines is 1. The van der Waals surface area contributed by atoms with E-state index in [2.05, 4.69) is 4.98 Å². The van der Waals surface area contributed by atoms with Crippen molar-refractivity contribution < 1.29 is 9.53 Å². The lowest BCUT2D eigenvalue weighted by Gasteiger charge is -2.36. The van der Waals surface area contributed by atoms with Gasteiger partial charge in [-0.25, -0.2) is 9.78 Å². The van der Waals surface area contributed by atoms with Crippen molar-refractivity contribution in [3.05, 3.63) is 21.8 Å². The van der Waals surface area contributed by atoms with Gasteiger partial charge in [-0.15, -0.1) is 11.3 Å². The van der Waals surface area contributed by atoms with Crippen molar-refractivity contribution >= 4 is 33.6 Å². The maximum atomic E-state index is 12.4. The van der Waals surface area contributed by atoms with Crippen LogP contribution in [0, 0.1) is 0 Å². The van der Waals surface area contributed by atoms with E-state index in [4.69, 9.17) is 4.74 Å². The van der Waals surface area contributed by atoms with Crippen LogP contribution in [0.25, 0.3) is 10.2 Å². The number of piperazine rings is 1. The third-order valence-corrected chi connectivity index (χ3v) is 4.77. The van der Waals surface area contributed by atoms with Gasteiger partial charge < -0.3 is 14.5 Å². The Balaban J connectivity index is 1.74. The SMILES string of the molecule is Cn1c(N2CCN(C(=O)OC(C)(C)C)CC2)nc2ccsc2c1=O. The summed E-state index contributed by atoms with van der Waals surface area (Å²) in [4.78, 5) is 32.9. The van der Waals surface area contributed by atoms with E-state index in [1.807, 2.05) is 37.1 Å². The molecular weight excluding hydrogens is 328 g/mol. The zero-order valence-corrected chi connectivity index (χ0v) is 15.2. The number of hydrogen-bond acceptors (Lipinski definition) is 6. The maximum absolute atomic E-state index is 12.4. The minimum absolute atomic E-state index is 0.0282. The van der Waals surface area contributed by atoms with Crippen molar-refractivity contribution in [3.8, 4) is 0 Å². The molecule has 0 aromatic carbocycles. The Bertz CT molecular complexity index is 813. The van der Waals surface area contributed by atoms with Gasteiger partial charge in [-0.3, -0.25) is 9.36 Å². The number of hydrogen-bond donors (Lipinski definition) is 0. The summed E-state index contributed by atoms with van der Waals surface area (Å²) in [6.07, 6.45) is -0.294. The Morgan fingerprint density at radius 2 is 1.92 bits per heavy atom. The van der Waals surface area contributed by atoms with E-state index in [9.17, 15) is 9.59 Å². The molecule has 24 heavy (non-hydrogen) atoms. The fourth-order valence-electron chi connectivity index (χ4n) is 2.67. The van der Waals surface area contributed by atoms with Crippen molar-refractivity contribution in [3.63, 3.8) is 0 Å². The number of amides is 1. The fraction of sp³-hybridized carbons (Fsp3) is 0.562. The number of carbonyl (C=O) groups is 1. The average molecular weight is 350 g/mol. The molecule has 1 fully saturated rings. The van der Waals surface area contributed by atoms with Gasteiger partial charge in [0.25, 0.3) is 5.56 Å². The molecule has 0 N–H and O–H groups in total. The molecule has 0 aliphatic carbocycles. The van der Waals surface area contributed by atoms with Gasteiger partial charge in [0.05, 0.1) is 5.52 Å². The number of aromatic nitrogens is 2. The third-order valence-electron chi connectivity index (χ3n) is 3.88. The highest BCUT2D eigenvalue weighted by molar-refractivity contribution is 7.17. The molecule has 0 atom stereocenters. The van der Waals surface area contributed by atoms with Crippen LogP contribution < -0.4 is 10.5 Å². The van der Waals surface area contributed by atoms with Crippen LogP contribution in [0.15, 0.2) is 16.2 Å². The highest BCUT2D eigenvalue weighted by Gasteiger charge is 2.27. The van der Waals surface area contributed by atoms with E-state index in [0.29, 0.717) is 36.8 Å². The lowest BCUT2D eigenvalue weighted by Crippen LogP contribution is -2.51. The lowest BCUT2D eigenvalue weighted by molar-refractivity contribution is 0.0240. The highest BCUT2D eigenvalue weighted by Crippen LogP contribution is 2.20. The van der Waals surface area contributed by atoms with Gasteiger partial charge in [0.2, 0.25) is 5.95 Å². The van der Waals surface area contributed by atoms with Gasteiger partial charge in [-0.2, -0.15) is 0 Å². The molecule has 0 bridgehead atoms. The first-order valence-corrected chi connectivity index (χ1v) is 8.81. The van der Waals surface area contributed by atoms with Crippen LogP contribution in [0.4, 0.5) is 10.7 Å². The monoisotopic (exact) mass is 350 g/mol. The van der Waals surface area contributed by atoms with Gasteiger partial charge in [0, 0.05) is 33.2 Å². The fourth-order valence-corrected chi connectivity index (χ4v) is 3.48. The van der Waals surface area contributed by atoms with Crippen LogP contribution in [0.3, 0.4) is 0 Å². The molecule has 1 saturated heterocycles. The predicted molar refractivity (Wildman–Crippen MR) is 94.9 cm³/mol. The minimum Gasteiger partial charge on any atom is -0.444 e. The molecular formula is C16H22N4O3S. The van der Waals surface area contributed by atoms with E-state index in [0.717, 1.165) is 5.52 Å². The second-order valence-electron chi connectivity index (χ2n) is 6.87. The van der Waals surface area contributed by atoms with Crippen LogP contribution in [0.2, 0.25) is 0 Å². The zero-order valence-electron chi connectivity index (χ0n) is 14.4. The van der Waals surface area contributed by atoms with Crippen molar-refractivity contribution in [1.29, 1.82) is 0 Å². The standard InChI is InChI=1S/C16H22N4O3S/c1-16(2,3)23-15(22)20-8-6-19(7-9-20)14-17-11-5-10-24-12(11)13(21)18(14)4/h5,10H,6-9H2,1-4H3. The third kappa shape index (κ3) is 3.24. The topological polar surface area (TPSA) is 67.7 Å². The molecule has 0 saturated carbocycles. The highest BCUT2D eigenvalue weighted by atomic mass is 32.1. The van der Waals surface area contributed by atoms with Crippen LogP contribution in [0.5, 0.6) is 0 Å². The second-order valence-corrected chi connectivity index (χ2v) is 7.78. The normalized spacial score (nSPS) is 15.8. The first kappa shape index (κ1) is 16.8. The van der Waals surface area contributed by atoms with Crippen molar-refractivity contribution in [2.24, 2.45) is 7.05 Å². The molecule has 3 heterocycles. The molecule has 7 nitrogen and oxygen atoms in total. The van der Waals surface area contributed by atoms with E-state index in [1.54, 1.807) is 16.5 Å². The zero-order chi connectivity index (χ0) is 17.5. The van der Waals surface area contributed by atoms with Gasteiger partial charge in [-0.05, 0) is 32.2 Å². The molecule has 1 aliphatic heterocycles. The molecule has 1 aliphatic rings. The summed E-state index contributed by atoms with van der Waals surface area (Å²) in [5.74, 6) is 0.648. The number of ether oxygens (including phenoxy) is 1.